The number of aromatic amines is 1. The van der Waals surface area contributed by atoms with E-state index < -0.39 is 9.84 Å². The van der Waals surface area contributed by atoms with Gasteiger partial charge in [-0.1, -0.05) is 48.5 Å². The Bertz CT molecular complexity index is 901. The zero-order valence-electron chi connectivity index (χ0n) is 13.7. The Labute approximate surface area is 142 Å². The van der Waals surface area contributed by atoms with E-state index in [2.05, 4.69) is 22.4 Å². The first-order valence-electron chi connectivity index (χ1n) is 8.04. The van der Waals surface area contributed by atoms with E-state index in [4.69, 9.17) is 0 Å². The van der Waals surface area contributed by atoms with Crippen LogP contribution >= 0.6 is 0 Å². The number of hydrogen-bond donors (Lipinski definition) is 2. The van der Waals surface area contributed by atoms with E-state index in [9.17, 15) is 8.42 Å². The lowest BCUT2D eigenvalue weighted by Crippen LogP contribution is -2.29. The van der Waals surface area contributed by atoms with Gasteiger partial charge in [-0.05, 0) is 30.2 Å². The van der Waals surface area contributed by atoms with Gasteiger partial charge in [-0.2, -0.15) is 0 Å². The van der Waals surface area contributed by atoms with E-state index in [0.717, 1.165) is 24.0 Å². The molecule has 0 bridgehead atoms. The Balaban J connectivity index is 1.69. The summed E-state index contributed by atoms with van der Waals surface area (Å²) in [6.45, 7) is 0.719. The van der Waals surface area contributed by atoms with E-state index >= 15 is 0 Å². The van der Waals surface area contributed by atoms with Gasteiger partial charge in [-0.15, -0.1) is 0 Å². The first kappa shape index (κ1) is 16.7. The molecule has 2 N–H and O–H groups in total. The van der Waals surface area contributed by atoms with Gasteiger partial charge in [0.05, 0.1) is 5.75 Å². The summed E-state index contributed by atoms with van der Waals surface area (Å²) >= 11 is 0. The second-order valence-corrected chi connectivity index (χ2v) is 8.30. The van der Waals surface area contributed by atoms with E-state index in [-0.39, 0.29) is 11.8 Å². The highest BCUT2D eigenvalue weighted by Gasteiger charge is 2.16. The molecule has 0 aliphatic carbocycles. The molecule has 3 aromatic rings. The molecule has 0 saturated carbocycles. The van der Waals surface area contributed by atoms with Gasteiger partial charge in [0.2, 0.25) is 0 Å². The number of para-hydroxylation sites is 1. The molecule has 24 heavy (non-hydrogen) atoms. The molecule has 0 spiro atoms. The summed E-state index contributed by atoms with van der Waals surface area (Å²) in [5.41, 5.74) is 3.37. The first-order chi connectivity index (χ1) is 11.5. The molecule has 5 heteroatoms. The minimum atomic E-state index is -3.06. The lowest BCUT2D eigenvalue weighted by molar-refractivity contribution is 0.553. The summed E-state index contributed by atoms with van der Waals surface area (Å²) < 4.78 is 23.5. The second-order valence-electron chi connectivity index (χ2n) is 6.12. The van der Waals surface area contributed by atoms with Gasteiger partial charge in [-0.25, -0.2) is 8.42 Å². The monoisotopic (exact) mass is 342 g/mol. The van der Waals surface area contributed by atoms with Crippen molar-refractivity contribution < 1.29 is 8.42 Å². The number of rotatable bonds is 7. The van der Waals surface area contributed by atoms with Crippen molar-refractivity contribution in [2.75, 3.05) is 18.6 Å². The molecule has 0 radical (unpaired) electrons. The fraction of sp³-hybridized carbons (Fsp3) is 0.263. The van der Waals surface area contributed by atoms with Crippen LogP contribution in [0.25, 0.3) is 10.9 Å². The van der Waals surface area contributed by atoms with Crippen LogP contribution in [0.2, 0.25) is 0 Å². The highest BCUT2D eigenvalue weighted by molar-refractivity contribution is 7.90. The van der Waals surface area contributed by atoms with Crippen molar-refractivity contribution in [1.82, 2.24) is 10.3 Å². The number of sulfone groups is 1. The Kier molecular flexibility index (Phi) is 5.02. The number of benzene rings is 2. The van der Waals surface area contributed by atoms with E-state index in [1.165, 1.54) is 17.2 Å². The molecule has 1 atom stereocenters. The van der Waals surface area contributed by atoms with Crippen LogP contribution in [-0.4, -0.2) is 32.0 Å². The van der Waals surface area contributed by atoms with Gasteiger partial charge < -0.3 is 10.3 Å². The second kappa shape index (κ2) is 7.20. The number of H-pyrrole nitrogens is 1. The lowest BCUT2D eigenvalue weighted by Gasteiger charge is -2.18. The summed E-state index contributed by atoms with van der Waals surface area (Å²) in [4.78, 5) is 3.27. The van der Waals surface area contributed by atoms with Gasteiger partial charge in [0.1, 0.15) is 9.84 Å². The fourth-order valence-corrected chi connectivity index (χ4v) is 3.90. The van der Waals surface area contributed by atoms with Crippen LogP contribution in [0, 0.1) is 0 Å². The van der Waals surface area contributed by atoms with Crippen LogP contribution in [0.3, 0.4) is 0 Å². The average Bonchev–Trinajstić information content (AvgIpc) is 2.97. The van der Waals surface area contributed by atoms with Gasteiger partial charge in [-0.3, -0.25) is 0 Å². The van der Waals surface area contributed by atoms with Gasteiger partial charge >= 0.3 is 0 Å². The van der Waals surface area contributed by atoms with Gasteiger partial charge in [0, 0.05) is 29.4 Å². The molecular formula is C19H22N2O2S. The number of nitrogens with one attached hydrogen (secondary N) is 2. The van der Waals surface area contributed by atoms with Gasteiger partial charge in [0.25, 0.3) is 0 Å². The zero-order valence-corrected chi connectivity index (χ0v) is 14.5. The van der Waals surface area contributed by atoms with Crippen LogP contribution in [0.1, 0.15) is 17.2 Å². The van der Waals surface area contributed by atoms with Crippen molar-refractivity contribution in [2.24, 2.45) is 0 Å². The maximum absolute atomic E-state index is 11.7. The smallest absolute Gasteiger partial charge is 0.149 e. The number of fused-ring (bicyclic) bond motifs is 1. The Morgan fingerprint density at radius 1 is 1.04 bits per heavy atom. The third-order valence-corrected chi connectivity index (χ3v) is 5.07. The van der Waals surface area contributed by atoms with Crippen molar-refractivity contribution in [3.05, 3.63) is 71.9 Å². The standard InChI is InChI=1S/C19H22N2O2S/c1-24(22,23)14-19(15-7-3-2-4-8-15)20-12-11-16-13-21-18-10-6-5-9-17(16)18/h2-10,13,19-21H,11-12,14H2,1H3. The normalized spacial score (nSPS) is 13.2. The van der Waals surface area contributed by atoms with Crippen molar-refractivity contribution in [3.63, 3.8) is 0 Å². The summed E-state index contributed by atoms with van der Waals surface area (Å²) in [6.07, 6.45) is 4.15. The molecule has 1 unspecified atom stereocenters. The molecule has 0 aliphatic heterocycles. The molecule has 0 aliphatic rings. The molecule has 2 aromatic carbocycles. The van der Waals surface area contributed by atoms with Crippen molar-refractivity contribution in [2.45, 2.75) is 12.5 Å². The van der Waals surface area contributed by atoms with E-state index in [1.54, 1.807) is 0 Å². The molecule has 0 fully saturated rings. The number of aromatic nitrogens is 1. The van der Waals surface area contributed by atoms with E-state index in [0.29, 0.717) is 0 Å². The fourth-order valence-electron chi connectivity index (χ4n) is 2.98. The third-order valence-electron chi connectivity index (χ3n) is 4.13. The molecule has 126 valence electrons. The third kappa shape index (κ3) is 4.24. The first-order valence-corrected chi connectivity index (χ1v) is 10.1. The average molecular weight is 342 g/mol. The molecule has 4 nitrogen and oxygen atoms in total. The van der Waals surface area contributed by atoms with Crippen LogP contribution in [0.5, 0.6) is 0 Å². The minimum absolute atomic E-state index is 0.102. The molecule has 0 amide bonds. The quantitative estimate of drug-likeness (QED) is 0.693. The number of hydrogen-bond acceptors (Lipinski definition) is 3. The summed E-state index contributed by atoms with van der Waals surface area (Å²) in [5, 5.41) is 4.62. The van der Waals surface area contributed by atoms with E-state index in [1.807, 2.05) is 48.7 Å². The lowest BCUT2D eigenvalue weighted by atomic mass is 10.1. The Morgan fingerprint density at radius 2 is 1.75 bits per heavy atom. The van der Waals surface area contributed by atoms with Crippen LogP contribution in [-0.2, 0) is 16.3 Å². The molecule has 1 aromatic heterocycles. The maximum Gasteiger partial charge on any atom is 0.149 e. The van der Waals surface area contributed by atoms with Crippen LogP contribution in [0.4, 0.5) is 0 Å². The summed E-state index contributed by atoms with van der Waals surface area (Å²) in [5.74, 6) is 0.102. The van der Waals surface area contributed by atoms with Crippen molar-refractivity contribution in [3.8, 4) is 0 Å². The van der Waals surface area contributed by atoms with Crippen LogP contribution in [0.15, 0.2) is 60.8 Å². The predicted molar refractivity (Wildman–Crippen MR) is 98.9 cm³/mol. The van der Waals surface area contributed by atoms with Crippen LogP contribution < -0.4 is 5.32 Å². The summed E-state index contributed by atoms with van der Waals surface area (Å²) in [6, 6.07) is 17.8. The Morgan fingerprint density at radius 3 is 2.50 bits per heavy atom. The van der Waals surface area contributed by atoms with Crippen molar-refractivity contribution >= 4 is 20.7 Å². The topological polar surface area (TPSA) is 62.0 Å². The maximum atomic E-state index is 11.7. The van der Waals surface area contributed by atoms with Gasteiger partial charge in [0.15, 0.2) is 0 Å². The molecule has 1 heterocycles. The molecule has 0 saturated heterocycles. The minimum Gasteiger partial charge on any atom is -0.361 e. The van der Waals surface area contributed by atoms with Crippen molar-refractivity contribution in [1.29, 1.82) is 0 Å². The molecule has 3 rings (SSSR count). The largest absolute Gasteiger partial charge is 0.361 e. The SMILES string of the molecule is CS(=O)(=O)CC(NCCc1c[nH]c2ccccc12)c1ccccc1. The molecular weight excluding hydrogens is 320 g/mol. The Hall–Kier alpha value is -2.11. The summed E-state index contributed by atoms with van der Waals surface area (Å²) in [7, 11) is -3.06. The highest BCUT2D eigenvalue weighted by atomic mass is 32.2. The zero-order chi connectivity index (χ0) is 17.0. The predicted octanol–water partition coefficient (Wildman–Crippen LogP) is 3.09. The highest BCUT2D eigenvalue weighted by Crippen LogP contribution is 2.19.